The number of fused-ring (bicyclic) bond motifs is 1. The van der Waals surface area contributed by atoms with Crippen molar-refractivity contribution in [3.05, 3.63) is 35.0 Å². The first-order chi connectivity index (χ1) is 9.24. The molecule has 3 nitrogen and oxygen atoms in total. The Kier molecular flexibility index (Phi) is 3.47. The van der Waals surface area contributed by atoms with Crippen molar-refractivity contribution in [1.29, 1.82) is 0 Å². The van der Waals surface area contributed by atoms with Gasteiger partial charge in [-0.05, 0) is 37.1 Å². The van der Waals surface area contributed by atoms with Crippen LogP contribution in [0.4, 0.5) is 0 Å². The lowest BCUT2D eigenvalue weighted by Gasteiger charge is -2.18. The second kappa shape index (κ2) is 5.25. The third kappa shape index (κ3) is 2.61. The van der Waals surface area contributed by atoms with Crippen LogP contribution in [0, 0.1) is 0 Å². The number of amides is 1. The average Bonchev–Trinajstić information content (AvgIpc) is 2.64. The van der Waals surface area contributed by atoms with Gasteiger partial charge in [0.1, 0.15) is 5.58 Å². The second-order valence-electron chi connectivity index (χ2n) is 5.00. The predicted molar refractivity (Wildman–Crippen MR) is 75.6 cm³/mol. The van der Waals surface area contributed by atoms with E-state index in [-0.39, 0.29) is 5.91 Å². The van der Waals surface area contributed by atoms with E-state index in [4.69, 9.17) is 16.0 Å². The number of carbonyl (C=O) groups excluding carboxylic acids is 1. The van der Waals surface area contributed by atoms with Crippen LogP contribution >= 0.6 is 11.6 Å². The number of halogens is 1. The Balaban J connectivity index is 1.88. The number of hydrogen-bond acceptors (Lipinski definition) is 2. The minimum absolute atomic E-state index is 0.00535. The number of nitrogens with zero attached hydrogens (tertiary/aromatic N) is 1. The van der Waals surface area contributed by atoms with Gasteiger partial charge in [0, 0.05) is 23.5 Å². The quantitative estimate of drug-likeness (QED) is 0.786. The minimum Gasteiger partial charge on any atom is -0.451 e. The fraction of sp³-hybridized carbons (Fsp3) is 0.400. The van der Waals surface area contributed by atoms with Crippen molar-refractivity contribution in [2.45, 2.75) is 25.7 Å². The molecule has 0 saturated carbocycles. The van der Waals surface area contributed by atoms with Crippen molar-refractivity contribution >= 4 is 28.5 Å². The zero-order valence-corrected chi connectivity index (χ0v) is 11.4. The highest BCUT2D eigenvalue weighted by Gasteiger charge is 2.20. The fourth-order valence-electron chi connectivity index (χ4n) is 2.55. The number of rotatable bonds is 1. The van der Waals surface area contributed by atoms with E-state index in [0.717, 1.165) is 31.3 Å². The van der Waals surface area contributed by atoms with Crippen LogP contribution in [-0.2, 0) is 0 Å². The van der Waals surface area contributed by atoms with E-state index in [1.54, 1.807) is 18.2 Å². The van der Waals surface area contributed by atoms with E-state index in [2.05, 4.69) is 0 Å². The molecule has 0 N–H and O–H groups in total. The molecule has 1 saturated heterocycles. The van der Waals surface area contributed by atoms with Gasteiger partial charge in [-0.2, -0.15) is 0 Å². The van der Waals surface area contributed by atoms with Gasteiger partial charge in [-0.1, -0.05) is 24.4 Å². The molecule has 1 aliphatic rings. The Hall–Kier alpha value is -1.48. The normalized spacial score (nSPS) is 16.6. The van der Waals surface area contributed by atoms with Gasteiger partial charge in [0.2, 0.25) is 0 Å². The summed E-state index contributed by atoms with van der Waals surface area (Å²) in [6, 6.07) is 7.18. The number of furan rings is 1. The van der Waals surface area contributed by atoms with E-state index in [1.807, 2.05) is 11.0 Å². The van der Waals surface area contributed by atoms with Gasteiger partial charge >= 0.3 is 0 Å². The number of hydrogen-bond donors (Lipinski definition) is 0. The van der Waals surface area contributed by atoms with Crippen LogP contribution < -0.4 is 0 Å². The summed E-state index contributed by atoms with van der Waals surface area (Å²) < 4.78 is 5.63. The Morgan fingerprint density at radius 3 is 2.58 bits per heavy atom. The van der Waals surface area contributed by atoms with Crippen LogP contribution in [0.3, 0.4) is 0 Å². The van der Waals surface area contributed by atoms with Crippen LogP contribution in [0.2, 0.25) is 5.02 Å². The van der Waals surface area contributed by atoms with Crippen molar-refractivity contribution in [2.24, 2.45) is 0 Å². The van der Waals surface area contributed by atoms with E-state index in [9.17, 15) is 4.79 Å². The summed E-state index contributed by atoms with van der Waals surface area (Å²) in [6.07, 6.45) is 4.58. The summed E-state index contributed by atoms with van der Waals surface area (Å²) in [4.78, 5) is 14.3. The maximum Gasteiger partial charge on any atom is 0.289 e. The average molecular weight is 278 g/mol. The van der Waals surface area contributed by atoms with Crippen molar-refractivity contribution in [3.8, 4) is 0 Å². The monoisotopic (exact) mass is 277 g/mol. The summed E-state index contributed by atoms with van der Waals surface area (Å²) >= 11 is 5.94. The number of carbonyl (C=O) groups is 1. The Morgan fingerprint density at radius 1 is 1.11 bits per heavy atom. The molecule has 1 fully saturated rings. The molecule has 1 amide bonds. The highest BCUT2D eigenvalue weighted by atomic mass is 35.5. The second-order valence-corrected chi connectivity index (χ2v) is 5.44. The zero-order chi connectivity index (χ0) is 13.2. The number of benzene rings is 1. The van der Waals surface area contributed by atoms with Crippen LogP contribution in [0.15, 0.2) is 28.7 Å². The van der Waals surface area contributed by atoms with Gasteiger partial charge in [0.25, 0.3) is 5.91 Å². The standard InChI is InChI=1S/C15H16ClNO2/c16-12-5-6-13-11(9-12)10-14(19-13)15(18)17-7-3-1-2-4-8-17/h5-6,9-10H,1-4,7-8H2. The lowest BCUT2D eigenvalue weighted by molar-refractivity contribution is 0.0732. The van der Waals surface area contributed by atoms with E-state index >= 15 is 0 Å². The summed E-state index contributed by atoms with van der Waals surface area (Å²) in [6.45, 7) is 1.66. The molecule has 1 aromatic carbocycles. The molecule has 3 rings (SSSR count). The molecule has 0 unspecified atom stereocenters. The molecule has 0 spiro atoms. The topological polar surface area (TPSA) is 33.5 Å². The van der Waals surface area contributed by atoms with Crippen LogP contribution in [0.25, 0.3) is 11.0 Å². The zero-order valence-electron chi connectivity index (χ0n) is 10.7. The minimum atomic E-state index is -0.00535. The molecule has 1 aromatic heterocycles. The SMILES string of the molecule is O=C(c1cc2cc(Cl)ccc2o1)N1CCCCCC1. The first-order valence-corrected chi connectivity index (χ1v) is 7.10. The molecule has 100 valence electrons. The van der Waals surface area contributed by atoms with E-state index in [0.29, 0.717) is 16.4 Å². The smallest absolute Gasteiger partial charge is 0.289 e. The van der Waals surface area contributed by atoms with Crippen molar-refractivity contribution < 1.29 is 9.21 Å². The molecule has 19 heavy (non-hydrogen) atoms. The molecular formula is C15H16ClNO2. The summed E-state index contributed by atoms with van der Waals surface area (Å²) in [7, 11) is 0. The van der Waals surface area contributed by atoms with Gasteiger partial charge < -0.3 is 9.32 Å². The van der Waals surface area contributed by atoms with Gasteiger partial charge in [-0.15, -0.1) is 0 Å². The molecule has 2 heterocycles. The summed E-state index contributed by atoms with van der Waals surface area (Å²) in [5, 5.41) is 1.53. The van der Waals surface area contributed by atoms with Gasteiger partial charge in [-0.25, -0.2) is 0 Å². The first-order valence-electron chi connectivity index (χ1n) is 6.72. The largest absolute Gasteiger partial charge is 0.451 e. The first kappa shape index (κ1) is 12.5. The molecule has 2 aromatic rings. The van der Waals surface area contributed by atoms with Crippen LogP contribution in [0.1, 0.15) is 36.2 Å². The van der Waals surface area contributed by atoms with Crippen molar-refractivity contribution in [3.63, 3.8) is 0 Å². The maximum absolute atomic E-state index is 12.4. The van der Waals surface area contributed by atoms with Gasteiger partial charge in [0.15, 0.2) is 5.76 Å². The van der Waals surface area contributed by atoms with E-state index < -0.39 is 0 Å². The van der Waals surface area contributed by atoms with Crippen LogP contribution in [0.5, 0.6) is 0 Å². The lowest BCUT2D eigenvalue weighted by Crippen LogP contribution is -2.31. The van der Waals surface area contributed by atoms with E-state index in [1.165, 1.54) is 12.8 Å². The fourth-order valence-corrected chi connectivity index (χ4v) is 2.73. The molecule has 0 radical (unpaired) electrons. The van der Waals surface area contributed by atoms with Crippen molar-refractivity contribution in [2.75, 3.05) is 13.1 Å². The van der Waals surface area contributed by atoms with Crippen LogP contribution in [-0.4, -0.2) is 23.9 Å². The third-order valence-corrected chi connectivity index (χ3v) is 3.82. The van der Waals surface area contributed by atoms with Gasteiger partial charge in [-0.3, -0.25) is 4.79 Å². The highest BCUT2D eigenvalue weighted by molar-refractivity contribution is 6.31. The Morgan fingerprint density at radius 2 is 1.84 bits per heavy atom. The summed E-state index contributed by atoms with van der Waals surface area (Å²) in [5.74, 6) is 0.411. The molecule has 0 atom stereocenters. The Labute approximate surface area is 117 Å². The molecule has 1 aliphatic heterocycles. The lowest BCUT2D eigenvalue weighted by atomic mass is 10.2. The molecule has 4 heteroatoms. The van der Waals surface area contributed by atoms with Crippen molar-refractivity contribution in [1.82, 2.24) is 4.90 Å². The Bertz CT molecular complexity index is 597. The molecular weight excluding hydrogens is 262 g/mol. The molecule has 0 aliphatic carbocycles. The van der Waals surface area contributed by atoms with Gasteiger partial charge in [0.05, 0.1) is 0 Å². The third-order valence-electron chi connectivity index (χ3n) is 3.58. The highest BCUT2D eigenvalue weighted by Crippen LogP contribution is 2.24. The summed E-state index contributed by atoms with van der Waals surface area (Å²) in [5.41, 5.74) is 0.711. The number of likely N-dealkylation sites (tertiary alicyclic amines) is 1. The predicted octanol–water partition coefficient (Wildman–Crippen LogP) is 4.10. The molecule has 0 bridgehead atoms. The maximum atomic E-state index is 12.4.